The van der Waals surface area contributed by atoms with Gasteiger partial charge in [-0.2, -0.15) is 0 Å². The van der Waals surface area contributed by atoms with E-state index < -0.39 is 5.89 Å². The van der Waals surface area contributed by atoms with E-state index in [1.165, 1.54) is 0 Å². The van der Waals surface area contributed by atoms with Crippen LogP contribution >= 0.6 is 0 Å². The average molecular weight is 433 g/mol. The fraction of sp³-hybridized carbons (Fsp3) is 0.172. The molecule has 4 heteroatoms. The summed E-state index contributed by atoms with van der Waals surface area (Å²) in [5.74, 6) is 0.127. The Labute approximate surface area is 193 Å². The molecule has 4 nitrogen and oxygen atoms in total. The van der Waals surface area contributed by atoms with Crippen LogP contribution in [0.2, 0.25) is 0 Å². The monoisotopic (exact) mass is 432 g/mol. The van der Waals surface area contributed by atoms with Crippen LogP contribution in [0.3, 0.4) is 0 Å². The Morgan fingerprint density at radius 1 is 0.879 bits per heavy atom. The van der Waals surface area contributed by atoms with E-state index in [0.29, 0.717) is 0 Å². The van der Waals surface area contributed by atoms with E-state index in [2.05, 4.69) is 41.0 Å². The predicted octanol–water partition coefficient (Wildman–Crippen LogP) is 7.73. The molecule has 0 fully saturated rings. The second kappa shape index (κ2) is 7.31. The summed E-state index contributed by atoms with van der Waals surface area (Å²) in [6.07, 6.45) is 0. The minimum atomic E-state index is -0.695. The normalized spacial score (nSPS) is 12.7. The number of pyridine rings is 1. The Morgan fingerprint density at radius 2 is 1.70 bits per heavy atom. The van der Waals surface area contributed by atoms with E-state index in [0.717, 1.165) is 67.0 Å². The predicted molar refractivity (Wildman–Crippen MR) is 135 cm³/mol. The maximum atomic E-state index is 8.42. The molecule has 0 amide bonds. The third kappa shape index (κ3) is 3.05. The van der Waals surface area contributed by atoms with Crippen LogP contribution in [0.25, 0.3) is 50.0 Å². The summed E-state index contributed by atoms with van der Waals surface area (Å²) >= 11 is 0. The second-order valence-electron chi connectivity index (χ2n) is 8.82. The van der Waals surface area contributed by atoms with Gasteiger partial charge in [0.25, 0.3) is 0 Å². The van der Waals surface area contributed by atoms with Crippen molar-refractivity contribution >= 4 is 33.0 Å². The first-order valence-electron chi connectivity index (χ1n) is 11.7. The van der Waals surface area contributed by atoms with Crippen molar-refractivity contribution in [2.24, 2.45) is 0 Å². The third-order valence-electron chi connectivity index (χ3n) is 6.27. The molecule has 6 aromatic rings. The van der Waals surface area contributed by atoms with Crippen molar-refractivity contribution in [1.82, 2.24) is 14.5 Å². The van der Waals surface area contributed by atoms with Crippen molar-refractivity contribution < 1.29 is 5.79 Å². The molecule has 6 rings (SSSR count). The molecule has 0 bridgehead atoms. The van der Waals surface area contributed by atoms with Crippen LogP contribution in [-0.2, 0) is 0 Å². The number of para-hydroxylation sites is 2. The van der Waals surface area contributed by atoms with Crippen molar-refractivity contribution in [2.75, 3.05) is 0 Å². The van der Waals surface area contributed by atoms with Gasteiger partial charge in [0.1, 0.15) is 17.0 Å². The summed E-state index contributed by atoms with van der Waals surface area (Å²) < 4.78 is 17.1. The number of benzene rings is 3. The summed E-state index contributed by atoms with van der Waals surface area (Å²) in [5.41, 5.74) is 8.27. The van der Waals surface area contributed by atoms with Gasteiger partial charge < -0.3 is 4.42 Å². The lowest BCUT2D eigenvalue weighted by Crippen LogP contribution is -1.99. The molecule has 0 spiro atoms. The minimum absolute atomic E-state index is 0.695. The Morgan fingerprint density at radius 3 is 2.48 bits per heavy atom. The molecule has 3 heterocycles. The molecule has 0 radical (unpaired) electrons. The van der Waals surface area contributed by atoms with Gasteiger partial charge in [0.15, 0.2) is 0 Å². The smallest absolute Gasteiger partial charge is 0.149 e. The standard InChI is InChI=1S/C29H25N3O/c1-17(2)20-13-14-22-23-11-8-12-24(28(23)33-26(22)16-20)29-31-25-15-18(3)30-19(4)27(25)32(29)21-9-6-5-7-10-21/h5-17H,1-4H3/i17D. The van der Waals surface area contributed by atoms with E-state index in [1.807, 2.05) is 64.1 Å². The molecule has 0 atom stereocenters. The lowest BCUT2D eigenvalue weighted by atomic mass is 10.0. The zero-order chi connectivity index (χ0) is 23.6. The Bertz CT molecular complexity index is 1710. The van der Waals surface area contributed by atoms with E-state index >= 15 is 0 Å². The highest BCUT2D eigenvalue weighted by atomic mass is 16.3. The van der Waals surface area contributed by atoms with Gasteiger partial charge in [0.2, 0.25) is 0 Å². The minimum Gasteiger partial charge on any atom is -0.455 e. The first-order chi connectivity index (χ1) is 16.3. The van der Waals surface area contributed by atoms with Crippen LogP contribution in [0.15, 0.2) is 77.2 Å². The van der Waals surface area contributed by atoms with Crippen LogP contribution in [0.5, 0.6) is 0 Å². The maximum absolute atomic E-state index is 8.42. The second-order valence-corrected chi connectivity index (χ2v) is 8.82. The third-order valence-corrected chi connectivity index (χ3v) is 6.27. The van der Waals surface area contributed by atoms with Crippen LogP contribution in [0, 0.1) is 13.8 Å². The van der Waals surface area contributed by atoms with Crippen molar-refractivity contribution in [3.63, 3.8) is 0 Å². The summed E-state index contributed by atoms with van der Waals surface area (Å²) in [6, 6.07) is 24.6. The molecular formula is C29H25N3O. The number of nitrogens with zero attached hydrogens (tertiary/aromatic N) is 3. The molecule has 0 saturated heterocycles. The number of aromatic nitrogens is 3. The molecule has 3 aromatic heterocycles. The van der Waals surface area contributed by atoms with Gasteiger partial charge in [-0.25, -0.2) is 4.98 Å². The van der Waals surface area contributed by atoms with Gasteiger partial charge in [0.05, 0.1) is 22.3 Å². The molecule has 0 unspecified atom stereocenters. The molecule has 0 aliphatic heterocycles. The van der Waals surface area contributed by atoms with Crippen molar-refractivity contribution in [3.05, 3.63) is 89.7 Å². The molecular weight excluding hydrogens is 406 g/mol. The molecule has 0 aliphatic rings. The number of imidazole rings is 1. The molecule has 0 aliphatic carbocycles. The zero-order valence-electron chi connectivity index (χ0n) is 20.2. The summed E-state index contributed by atoms with van der Waals surface area (Å²) in [5, 5.41) is 2.08. The van der Waals surface area contributed by atoms with Crippen LogP contribution in [-0.4, -0.2) is 14.5 Å². The van der Waals surface area contributed by atoms with Crippen LogP contribution in [0.4, 0.5) is 0 Å². The summed E-state index contributed by atoms with van der Waals surface area (Å²) in [4.78, 5) is 9.81. The number of fused-ring (bicyclic) bond motifs is 4. The first-order valence-corrected chi connectivity index (χ1v) is 11.2. The van der Waals surface area contributed by atoms with Gasteiger partial charge in [0, 0.05) is 23.5 Å². The first kappa shape index (κ1) is 18.6. The SMILES string of the molecule is [2H]C(C)(C)c1ccc2c(c1)oc1c(-c3nc4cc(C)nc(C)c4n3-c3ccccc3)cccc12. The number of rotatable bonds is 3. The van der Waals surface area contributed by atoms with E-state index in [1.54, 1.807) is 0 Å². The highest BCUT2D eigenvalue weighted by Crippen LogP contribution is 2.38. The van der Waals surface area contributed by atoms with Gasteiger partial charge in [-0.1, -0.05) is 56.3 Å². The fourth-order valence-corrected chi connectivity index (χ4v) is 4.73. The van der Waals surface area contributed by atoms with Crippen molar-refractivity contribution in [1.29, 1.82) is 0 Å². The molecule has 3 aromatic carbocycles. The number of hydrogen-bond donors (Lipinski definition) is 0. The van der Waals surface area contributed by atoms with Gasteiger partial charge in [-0.05, 0) is 55.6 Å². The summed E-state index contributed by atoms with van der Waals surface area (Å²) in [6.45, 7) is 7.82. The number of furan rings is 1. The summed E-state index contributed by atoms with van der Waals surface area (Å²) in [7, 11) is 0. The molecule has 0 saturated carbocycles. The van der Waals surface area contributed by atoms with Crippen molar-refractivity contribution in [2.45, 2.75) is 33.6 Å². The fourth-order valence-electron chi connectivity index (χ4n) is 4.73. The quantitative estimate of drug-likeness (QED) is 0.287. The molecule has 33 heavy (non-hydrogen) atoms. The highest BCUT2D eigenvalue weighted by molar-refractivity contribution is 6.09. The van der Waals surface area contributed by atoms with Crippen molar-refractivity contribution in [3.8, 4) is 17.1 Å². The Balaban J connectivity index is 1.70. The van der Waals surface area contributed by atoms with Gasteiger partial charge >= 0.3 is 0 Å². The van der Waals surface area contributed by atoms with E-state index in [9.17, 15) is 0 Å². The average Bonchev–Trinajstić information content (AvgIpc) is 3.37. The zero-order valence-corrected chi connectivity index (χ0v) is 19.2. The highest BCUT2D eigenvalue weighted by Gasteiger charge is 2.21. The van der Waals surface area contributed by atoms with E-state index in [4.69, 9.17) is 15.8 Å². The maximum Gasteiger partial charge on any atom is 0.149 e. The largest absolute Gasteiger partial charge is 0.455 e. The van der Waals surface area contributed by atoms with E-state index in [-0.39, 0.29) is 0 Å². The topological polar surface area (TPSA) is 43.9 Å². The molecule has 162 valence electrons. The number of hydrogen-bond acceptors (Lipinski definition) is 3. The van der Waals surface area contributed by atoms with Crippen LogP contribution in [0.1, 0.15) is 38.1 Å². The van der Waals surface area contributed by atoms with Gasteiger partial charge in [-0.15, -0.1) is 0 Å². The Kier molecular flexibility index (Phi) is 4.13. The lowest BCUT2D eigenvalue weighted by Gasteiger charge is -2.11. The molecule has 0 N–H and O–H groups in total. The number of aryl methyl sites for hydroxylation is 2. The lowest BCUT2D eigenvalue weighted by molar-refractivity contribution is 0.667. The van der Waals surface area contributed by atoms with Crippen LogP contribution < -0.4 is 0 Å². The van der Waals surface area contributed by atoms with Gasteiger partial charge in [-0.3, -0.25) is 9.55 Å². The Hall–Kier alpha value is -3.92.